The van der Waals surface area contributed by atoms with Crippen LogP contribution < -0.4 is 11.1 Å². The third kappa shape index (κ3) is 4.58. The van der Waals surface area contributed by atoms with E-state index in [9.17, 15) is 0 Å². The van der Waals surface area contributed by atoms with Crippen LogP contribution in [0.3, 0.4) is 0 Å². The average Bonchev–Trinajstić information content (AvgIpc) is 2.42. The van der Waals surface area contributed by atoms with Crippen LogP contribution in [-0.4, -0.2) is 29.1 Å². The molecule has 0 aliphatic rings. The van der Waals surface area contributed by atoms with Crippen molar-refractivity contribution < 1.29 is 5.21 Å². The summed E-state index contributed by atoms with van der Waals surface area (Å²) < 4.78 is 0. The van der Waals surface area contributed by atoms with Crippen LogP contribution in [0.2, 0.25) is 0 Å². The van der Waals surface area contributed by atoms with Crippen LogP contribution in [0.4, 0.5) is 0 Å². The summed E-state index contributed by atoms with van der Waals surface area (Å²) in [6, 6.07) is 8.14. The summed E-state index contributed by atoms with van der Waals surface area (Å²) in [5.41, 5.74) is 7.48. The summed E-state index contributed by atoms with van der Waals surface area (Å²) in [5, 5.41) is 15.3. The number of nitrogens with zero attached hydrogens (tertiary/aromatic N) is 1. The van der Waals surface area contributed by atoms with Crippen molar-refractivity contribution in [3.8, 4) is 0 Å². The van der Waals surface area contributed by atoms with Gasteiger partial charge in [0.1, 0.15) is 0 Å². The molecule has 5 heteroatoms. The molecule has 4 nitrogen and oxygen atoms in total. The molecule has 0 spiro atoms. The molecule has 18 heavy (non-hydrogen) atoms. The highest BCUT2D eigenvalue weighted by Crippen LogP contribution is 2.09. The quantitative estimate of drug-likeness (QED) is 0.306. The third-order valence-corrected chi connectivity index (χ3v) is 3.44. The van der Waals surface area contributed by atoms with Crippen molar-refractivity contribution in [1.29, 1.82) is 0 Å². The molecule has 0 aromatic heterocycles. The third-order valence-electron chi connectivity index (χ3n) is 2.80. The Morgan fingerprint density at radius 1 is 1.50 bits per heavy atom. The molecule has 0 bridgehead atoms. The molecule has 1 aromatic rings. The average molecular weight is 267 g/mol. The molecule has 0 aliphatic carbocycles. The zero-order valence-corrected chi connectivity index (χ0v) is 11.7. The number of amidine groups is 1. The lowest BCUT2D eigenvalue weighted by atomic mass is 10.1. The molecule has 4 N–H and O–H groups in total. The Kier molecular flexibility index (Phi) is 6.60. The van der Waals surface area contributed by atoms with Gasteiger partial charge in [0.05, 0.1) is 0 Å². The van der Waals surface area contributed by atoms with Crippen LogP contribution >= 0.6 is 11.8 Å². The predicted molar refractivity (Wildman–Crippen MR) is 78.3 cm³/mol. The largest absolute Gasteiger partial charge is 0.409 e. The molecule has 0 aliphatic heterocycles. The fraction of sp³-hybridized carbons (Fsp3) is 0.462. The molecular formula is C13H21N3OS. The number of oxime groups is 1. The van der Waals surface area contributed by atoms with E-state index in [2.05, 4.69) is 23.7 Å². The van der Waals surface area contributed by atoms with E-state index < -0.39 is 0 Å². The lowest BCUT2D eigenvalue weighted by molar-refractivity contribution is 0.318. The number of benzene rings is 1. The number of rotatable bonds is 7. The standard InChI is InChI=1S/C13H21N3OS/c1-10(7-8-18-2)15-9-11-5-3-4-6-12(11)13(14)16-17/h3-6,10,15,17H,7-9H2,1-2H3,(H2,14,16). The van der Waals surface area contributed by atoms with Crippen molar-refractivity contribution in [2.75, 3.05) is 12.0 Å². The van der Waals surface area contributed by atoms with Gasteiger partial charge in [0.2, 0.25) is 0 Å². The Hall–Kier alpha value is -1.20. The van der Waals surface area contributed by atoms with Gasteiger partial charge in [-0.05, 0) is 30.9 Å². The second-order valence-corrected chi connectivity index (χ2v) is 5.19. The van der Waals surface area contributed by atoms with Gasteiger partial charge in [0.25, 0.3) is 0 Å². The molecule has 1 aromatic carbocycles. The number of thioether (sulfide) groups is 1. The first-order valence-corrected chi connectivity index (χ1v) is 7.36. The minimum Gasteiger partial charge on any atom is -0.409 e. The van der Waals surface area contributed by atoms with Gasteiger partial charge in [-0.2, -0.15) is 11.8 Å². The smallest absolute Gasteiger partial charge is 0.170 e. The maximum absolute atomic E-state index is 8.75. The second kappa shape index (κ2) is 8.00. The number of nitrogens with one attached hydrogen (secondary N) is 1. The van der Waals surface area contributed by atoms with Gasteiger partial charge >= 0.3 is 0 Å². The molecule has 0 heterocycles. The maximum atomic E-state index is 8.75. The van der Waals surface area contributed by atoms with Crippen LogP contribution in [-0.2, 0) is 6.54 Å². The van der Waals surface area contributed by atoms with Gasteiger partial charge in [0.15, 0.2) is 5.84 Å². The summed E-state index contributed by atoms with van der Waals surface area (Å²) >= 11 is 1.85. The highest BCUT2D eigenvalue weighted by atomic mass is 32.2. The lowest BCUT2D eigenvalue weighted by Crippen LogP contribution is -2.27. The van der Waals surface area contributed by atoms with Crippen LogP contribution in [0, 0.1) is 0 Å². The van der Waals surface area contributed by atoms with E-state index in [0.29, 0.717) is 6.04 Å². The minimum absolute atomic E-state index is 0.157. The summed E-state index contributed by atoms with van der Waals surface area (Å²) in [6.07, 6.45) is 3.24. The molecule has 100 valence electrons. The normalized spacial score (nSPS) is 13.6. The molecule has 0 saturated heterocycles. The van der Waals surface area contributed by atoms with Gasteiger partial charge < -0.3 is 16.3 Å². The van der Waals surface area contributed by atoms with Crippen LogP contribution in [0.15, 0.2) is 29.4 Å². The van der Waals surface area contributed by atoms with Crippen LogP contribution in [0.1, 0.15) is 24.5 Å². The topological polar surface area (TPSA) is 70.6 Å². The van der Waals surface area contributed by atoms with E-state index in [4.69, 9.17) is 10.9 Å². The number of nitrogens with two attached hydrogens (primary N) is 1. The van der Waals surface area contributed by atoms with Gasteiger partial charge in [-0.15, -0.1) is 0 Å². The monoisotopic (exact) mass is 267 g/mol. The predicted octanol–water partition coefficient (Wildman–Crippen LogP) is 2.01. The molecule has 0 saturated carbocycles. The van der Waals surface area contributed by atoms with E-state index in [1.54, 1.807) is 0 Å². The first kappa shape index (κ1) is 14.9. The molecule has 1 rings (SSSR count). The Labute approximate surface area is 113 Å². The molecule has 1 atom stereocenters. The second-order valence-electron chi connectivity index (χ2n) is 4.21. The van der Waals surface area contributed by atoms with E-state index in [1.807, 2.05) is 36.0 Å². The molecular weight excluding hydrogens is 246 g/mol. The van der Waals surface area contributed by atoms with Crippen molar-refractivity contribution in [3.05, 3.63) is 35.4 Å². The van der Waals surface area contributed by atoms with E-state index in [-0.39, 0.29) is 5.84 Å². The molecule has 0 radical (unpaired) electrons. The Morgan fingerprint density at radius 3 is 2.89 bits per heavy atom. The summed E-state index contributed by atoms with van der Waals surface area (Å²) in [4.78, 5) is 0. The minimum atomic E-state index is 0.157. The van der Waals surface area contributed by atoms with Gasteiger partial charge in [-0.1, -0.05) is 29.4 Å². The highest BCUT2D eigenvalue weighted by Gasteiger charge is 2.07. The fourth-order valence-corrected chi connectivity index (χ4v) is 2.25. The van der Waals surface area contributed by atoms with Gasteiger partial charge in [0, 0.05) is 18.2 Å². The Morgan fingerprint density at radius 2 is 2.22 bits per heavy atom. The van der Waals surface area contributed by atoms with Crippen molar-refractivity contribution in [2.24, 2.45) is 10.9 Å². The van der Waals surface area contributed by atoms with E-state index in [0.717, 1.165) is 29.8 Å². The van der Waals surface area contributed by atoms with Crippen molar-refractivity contribution in [2.45, 2.75) is 25.9 Å². The lowest BCUT2D eigenvalue weighted by Gasteiger charge is -2.15. The number of hydrogen-bond donors (Lipinski definition) is 3. The summed E-state index contributed by atoms with van der Waals surface area (Å²) in [7, 11) is 0. The van der Waals surface area contributed by atoms with Crippen molar-refractivity contribution in [1.82, 2.24) is 5.32 Å². The zero-order chi connectivity index (χ0) is 13.4. The van der Waals surface area contributed by atoms with Gasteiger partial charge in [-0.25, -0.2) is 0 Å². The van der Waals surface area contributed by atoms with Crippen LogP contribution in [0.5, 0.6) is 0 Å². The highest BCUT2D eigenvalue weighted by molar-refractivity contribution is 7.98. The van der Waals surface area contributed by atoms with Crippen molar-refractivity contribution >= 4 is 17.6 Å². The zero-order valence-electron chi connectivity index (χ0n) is 10.9. The summed E-state index contributed by atoms with van der Waals surface area (Å²) in [5.74, 6) is 1.31. The van der Waals surface area contributed by atoms with Crippen LogP contribution in [0.25, 0.3) is 0 Å². The first-order chi connectivity index (χ1) is 8.69. The molecule has 0 amide bonds. The number of hydrogen-bond acceptors (Lipinski definition) is 4. The van der Waals surface area contributed by atoms with E-state index >= 15 is 0 Å². The SMILES string of the molecule is CSCCC(C)NCc1ccccc1/C(N)=N/O. The van der Waals surface area contributed by atoms with E-state index in [1.165, 1.54) is 0 Å². The molecule has 0 fully saturated rings. The Balaban J connectivity index is 2.62. The maximum Gasteiger partial charge on any atom is 0.170 e. The van der Waals surface area contributed by atoms with Gasteiger partial charge in [-0.3, -0.25) is 0 Å². The summed E-state index contributed by atoms with van der Waals surface area (Å²) in [6.45, 7) is 2.89. The molecule has 1 unspecified atom stereocenters. The van der Waals surface area contributed by atoms with Crippen molar-refractivity contribution in [3.63, 3.8) is 0 Å². The Bertz CT molecular complexity index is 396. The fourth-order valence-electron chi connectivity index (χ4n) is 1.66. The first-order valence-electron chi connectivity index (χ1n) is 5.97.